The molecule has 1 N–H and O–H groups in total. The number of carbonyl (C=O) groups excluding carboxylic acids is 1. The number of hydrazone groups is 1. The zero-order chi connectivity index (χ0) is 21.2. The van der Waals surface area contributed by atoms with Crippen LogP contribution in [0.3, 0.4) is 0 Å². The molecule has 29 heavy (non-hydrogen) atoms. The molecule has 0 saturated carbocycles. The van der Waals surface area contributed by atoms with Crippen LogP contribution in [0.5, 0.6) is 0 Å². The molecular weight excluding hydrogens is 418 g/mol. The minimum Gasteiger partial charge on any atom is -0.264 e. The molecule has 1 aliphatic rings. The molecule has 0 radical (unpaired) electrons. The number of hydrogen-bond acceptors (Lipinski definition) is 2. The highest BCUT2D eigenvalue weighted by molar-refractivity contribution is 7.10. The maximum Gasteiger partial charge on any atom is 0.416 e. The number of nitrogens with zero attached hydrogens (tertiary/aromatic N) is 1. The van der Waals surface area contributed by atoms with Crippen LogP contribution in [-0.2, 0) is 18.8 Å². The van der Waals surface area contributed by atoms with Crippen molar-refractivity contribution in [3.05, 3.63) is 57.3 Å². The molecule has 1 aromatic heterocycles. The molecule has 0 aliphatic carbocycles. The number of halogens is 6. The third kappa shape index (κ3) is 5.37. The zero-order valence-corrected chi connectivity index (χ0v) is 15.8. The van der Waals surface area contributed by atoms with Gasteiger partial charge in [-0.25, -0.2) is 0 Å². The van der Waals surface area contributed by atoms with Gasteiger partial charge in [0.25, 0.3) is 0 Å². The molecule has 0 unspecified atom stereocenters. The van der Waals surface area contributed by atoms with Crippen molar-refractivity contribution in [3.8, 4) is 0 Å². The lowest BCUT2D eigenvalue weighted by atomic mass is 10.0. The first-order valence-electron chi connectivity index (χ1n) is 8.79. The lowest BCUT2D eigenvalue weighted by molar-refractivity contribution is -0.578. The van der Waals surface area contributed by atoms with Crippen molar-refractivity contribution in [1.29, 1.82) is 0 Å². The average Bonchev–Trinajstić information content (AvgIpc) is 3.14. The van der Waals surface area contributed by atoms with Gasteiger partial charge in [-0.1, -0.05) is 6.07 Å². The van der Waals surface area contributed by atoms with E-state index in [2.05, 4.69) is 5.43 Å². The van der Waals surface area contributed by atoms with E-state index in [9.17, 15) is 31.1 Å². The number of carbonyl (C=O) groups is 1. The van der Waals surface area contributed by atoms with Crippen molar-refractivity contribution < 1.29 is 35.8 Å². The number of amides is 1. The molecule has 2 heterocycles. The van der Waals surface area contributed by atoms with Crippen molar-refractivity contribution >= 4 is 23.0 Å². The highest BCUT2D eigenvalue weighted by atomic mass is 32.1. The quantitative estimate of drug-likeness (QED) is 0.512. The summed E-state index contributed by atoms with van der Waals surface area (Å²) in [7, 11) is 0. The summed E-state index contributed by atoms with van der Waals surface area (Å²) >= 11 is 1.53. The van der Waals surface area contributed by atoms with E-state index in [1.54, 1.807) is 4.68 Å². The van der Waals surface area contributed by atoms with Crippen molar-refractivity contribution in [2.45, 2.75) is 38.0 Å². The minimum absolute atomic E-state index is 0.00597. The number of nitrogens with one attached hydrogen (secondary N) is 1. The summed E-state index contributed by atoms with van der Waals surface area (Å²) in [4.78, 5) is 13.6. The Bertz CT molecular complexity index is 884. The predicted molar refractivity (Wildman–Crippen MR) is 95.9 cm³/mol. The van der Waals surface area contributed by atoms with Gasteiger partial charge in [0.15, 0.2) is 12.3 Å². The Morgan fingerprint density at radius 2 is 1.69 bits per heavy atom. The highest BCUT2D eigenvalue weighted by Gasteiger charge is 2.38. The van der Waals surface area contributed by atoms with Gasteiger partial charge in [0.05, 0.1) is 17.5 Å². The summed E-state index contributed by atoms with van der Waals surface area (Å²) in [6, 6.07) is 4.69. The first-order chi connectivity index (χ1) is 13.5. The van der Waals surface area contributed by atoms with E-state index >= 15 is 0 Å². The Kier molecular flexibility index (Phi) is 6.02. The largest absolute Gasteiger partial charge is 0.416 e. The average molecular weight is 435 g/mol. The maximum atomic E-state index is 13.0. The molecular formula is C19H17F6N2OS+. The Morgan fingerprint density at radius 3 is 2.24 bits per heavy atom. The number of rotatable bonds is 4. The van der Waals surface area contributed by atoms with Crippen LogP contribution < -0.4 is 5.43 Å². The topological polar surface area (TPSA) is 32.1 Å². The van der Waals surface area contributed by atoms with Crippen LogP contribution >= 0.6 is 11.3 Å². The summed E-state index contributed by atoms with van der Waals surface area (Å²) < 4.78 is 79.7. The molecule has 0 fully saturated rings. The first kappa shape index (κ1) is 21.4. The molecule has 2 aromatic rings. The smallest absolute Gasteiger partial charge is 0.264 e. The fraction of sp³-hybridized carbons (Fsp3) is 0.368. The van der Waals surface area contributed by atoms with Crippen molar-refractivity contribution in [2.75, 3.05) is 6.54 Å². The van der Waals surface area contributed by atoms with Crippen LogP contribution in [0.1, 0.15) is 45.6 Å². The van der Waals surface area contributed by atoms with E-state index in [1.165, 1.54) is 11.3 Å². The summed E-state index contributed by atoms with van der Waals surface area (Å²) in [6.07, 6.45) is -7.10. The summed E-state index contributed by atoms with van der Waals surface area (Å²) in [5, 5.41) is 1.91. The van der Waals surface area contributed by atoms with E-state index < -0.39 is 35.0 Å². The van der Waals surface area contributed by atoms with Crippen LogP contribution in [0.15, 0.2) is 35.7 Å². The molecule has 3 nitrogen and oxygen atoms in total. The molecule has 0 atom stereocenters. The van der Waals surface area contributed by atoms with Crippen LogP contribution in [0, 0.1) is 0 Å². The van der Waals surface area contributed by atoms with E-state index in [1.807, 2.05) is 17.5 Å². The summed E-state index contributed by atoms with van der Waals surface area (Å²) in [6.45, 7) is 0.442. The fourth-order valence-electron chi connectivity index (χ4n) is 3.10. The van der Waals surface area contributed by atoms with Gasteiger partial charge < -0.3 is 0 Å². The number of alkyl halides is 6. The number of hydrazine groups is 1. The lowest BCUT2D eigenvalue weighted by Gasteiger charge is -2.16. The number of benzene rings is 1. The van der Waals surface area contributed by atoms with E-state index in [0.717, 1.165) is 23.4 Å². The molecule has 0 spiro atoms. The number of hydrogen-bond donors (Lipinski definition) is 1. The molecule has 0 saturated heterocycles. The molecule has 1 aliphatic heterocycles. The number of thiophene rings is 1. The van der Waals surface area contributed by atoms with Gasteiger partial charge in [-0.3, -0.25) is 4.79 Å². The second kappa shape index (κ2) is 8.17. The van der Waals surface area contributed by atoms with Crippen LogP contribution in [-0.4, -0.2) is 22.8 Å². The van der Waals surface area contributed by atoms with Gasteiger partial charge in [0.1, 0.15) is 0 Å². The lowest BCUT2D eigenvalue weighted by Crippen LogP contribution is -2.42. The second-order valence-corrected chi connectivity index (χ2v) is 7.70. The van der Waals surface area contributed by atoms with E-state index in [0.29, 0.717) is 31.5 Å². The second-order valence-electron chi connectivity index (χ2n) is 6.67. The Labute approximate surface area is 166 Å². The SMILES string of the molecule is O=C(N[N+]1=C(Cc2cccs2)CCCC1)c1cc(C(F)(F)F)cc(C(F)(F)F)c1. The van der Waals surface area contributed by atoms with Crippen LogP contribution in [0.25, 0.3) is 0 Å². The molecule has 10 heteroatoms. The van der Waals surface area contributed by atoms with Gasteiger partial charge >= 0.3 is 18.3 Å². The van der Waals surface area contributed by atoms with Gasteiger partial charge in [-0.15, -0.1) is 21.4 Å². The summed E-state index contributed by atoms with van der Waals surface area (Å²) in [5.74, 6) is -1.01. The van der Waals surface area contributed by atoms with Gasteiger partial charge in [-0.2, -0.15) is 26.3 Å². The minimum atomic E-state index is -5.00. The standard InChI is InChI=1S/C19H16F6N2OS/c20-18(21,22)13-8-12(9-14(10-13)19(23,24)25)17(28)26-27-6-2-1-4-15(27)11-16-5-3-7-29-16/h3,5,7-10H,1-2,4,6,11H2/p+1. The third-order valence-corrected chi connectivity index (χ3v) is 5.40. The van der Waals surface area contributed by atoms with Gasteiger partial charge in [0, 0.05) is 23.3 Å². The zero-order valence-electron chi connectivity index (χ0n) is 15.0. The molecule has 1 amide bonds. The molecule has 156 valence electrons. The normalized spacial score (nSPS) is 15.5. The summed E-state index contributed by atoms with van der Waals surface area (Å²) in [5.41, 5.74) is -0.364. The van der Waals surface area contributed by atoms with Crippen molar-refractivity contribution in [3.63, 3.8) is 0 Å². The Balaban J connectivity index is 1.91. The molecule has 0 bridgehead atoms. The molecule has 3 rings (SSSR count). The predicted octanol–water partition coefficient (Wildman–Crippen LogP) is 5.31. The van der Waals surface area contributed by atoms with Gasteiger partial charge in [0.2, 0.25) is 0 Å². The fourth-order valence-corrected chi connectivity index (χ4v) is 3.84. The Hall–Kier alpha value is -2.36. The van der Waals surface area contributed by atoms with Crippen LogP contribution in [0.2, 0.25) is 0 Å². The monoisotopic (exact) mass is 435 g/mol. The molecule has 1 aromatic carbocycles. The van der Waals surface area contributed by atoms with E-state index in [4.69, 9.17) is 0 Å². The Morgan fingerprint density at radius 1 is 1.03 bits per heavy atom. The first-order valence-corrected chi connectivity index (χ1v) is 9.67. The van der Waals surface area contributed by atoms with Crippen molar-refractivity contribution in [1.82, 2.24) is 5.43 Å². The van der Waals surface area contributed by atoms with Gasteiger partial charge in [-0.05, 0) is 36.1 Å². The third-order valence-electron chi connectivity index (χ3n) is 4.52. The van der Waals surface area contributed by atoms with E-state index in [-0.39, 0.29) is 6.07 Å². The maximum absolute atomic E-state index is 13.0. The van der Waals surface area contributed by atoms with Crippen LogP contribution in [0.4, 0.5) is 26.3 Å². The highest BCUT2D eigenvalue weighted by Crippen LogP contribution is 2.36. The van der Waals surface area contributed by atoms with Crippen molar-refractivity contribution in [2.24, 2.45) is 0 Å².